The van der Waals surface area contributed by atoms with Gasteiger partial charge >= 0.3 is 0 Å². The van der Waals surface area contributed by atoms with Crippen LogP contribution in [0, 0.1) is 23.4 Å². The van der Waals surface area contributed by atoms with E-state index in [9.17, 15) is 18.0 Å². The van der Waals surface area contributed by atoms with E-state index in [4.69, 9.17) is 0 Å². The van der Waals surface area contributed by atoms with Crippen LogP contribution in [0.1, 0.15) is 19.8 Å². The maximum atomic E-state index is 13.2. The summed E-state index contributed by atoms with van der Waals surface area (Å²) in [6, 6.07) is 1.57. The number of rotatable bonds is 2. The molecule has 7 heteroatoms. The Kier molecular flexibility index (Phi) is 3.82. The van der Waals surface area contributed by atoms with Crippen molar-refractivity contribution in [3.8, 4) is 0 Å². The molecule has 2 aliphatic heterocycles. The third-order valence-corrected chi connectivity index (χ3v) is 4.12. The Hall–Kier alpha value is -2.02. The fraction of sp³-hybridized carbons (Fsp3) is 0.400. The Morgan fingerprint density at radius 2 is 2.00 bits per heavy atom. The molecule has 2 aliphatic rings. The molecule has 0 spiro atoms. The van der Waals surface area contributed by atoms with Crippen LogP contribution >= 0.6 is 0 Å². The first kappa shape index (κ1) is 14.9. The van der Waals surface area contributed by atoms with Crippen molar-refractivity contribution in [3.05, 3.63) is 40.9 Å². The van der Waals surface area contributed by atoms with Gasteiger partial charge in [-0.25, -0.2) is 18.6 Å². The number of piperidine rings is 1. The summed E-state index contributed by atoms with van der Waals surface area (Å²) in [5.41, 5.74) is 5.45. The van der Waals surface area contributed by atoms with Crippen LogP contribution in [-0.2, 0) is 4.79 Å². The van der Waals surface area contributed by atoms with Gasteiger partial charge in [0.05, 0.1) is 0 Å². The highest BCUT2D eigenvalue weighted by molar-refractivity contribution is 5.92. The van der Waals surface area contributed by atoms with E-state index in [2.05, 4.69) is 10.7 Å². The third kappa shape index (κ3) is 2.68. The molecule has 1 fully saturated rings. The number of hydrogen-bond donors (Lipinski definition) is 2. The van der Waals surface area contributed by atoms with Gasteiger partial charge in [0.1, 0.15) is 0 Å². The normalized spacial score (nSPS) is 21.1. The van der Waals surface area contributed by atoms with Gasteiger partial charge in [0.25, 0.3) is 0 Å². The Bertz CT molecular complexity index is 636. The van der Waals surface area contributed by atoms with E-state index in [1.807, 2.05) is 11.9 Å². The molecule has 118 valence electrons. The molecule has 0 radical (unpaired) electrons. The Balaban J connectivity index is 1.71. The Morgan fingerprint density at radius 3 is 2.68 bits per heavy atom. The predicted octanol–water partition coefficient (Wildman–Crippen LogP) is 2.55. The van der Waals surface area contributed by atoms with Gasteiger partial charge in [-0.05, 0) is 18.9 Å². The van der Waals surface area contributed by atoms with Crippen LogP contribution < -0.4 is 10.7 Å². The summed E-state index contributed by atoms with van der Waals surface area (Å²) >= 11 is 0. The van der Waals surface area contributed by atoms with Gasteiger partial charge in [-0.2, -0.15) is 0 Å². The van der Waals surface area contributed by atoms with E-state index < -0.39 is 17.5 Å². The number of carbonyl (C=O) groups is 1. The van der Waals surface area contributed by atoms with Crippen molar-refractivity contribution in [1.82, 2.24) is 10.4 Å². The van der Waals surface area contributed by atoms with Crippen LogP contribution in [0.2, 0.25) is 0 Å². The second-order valence-corrected chi connectivity index (χ2v) is 5.65. The van der Waals surface area contributed by atoms with Crippen LogP contribution in [0.25, 0.3) is 0 Å². The quantitative estimate of drug-likeness (QED) is 0.825. The van der Waals surface area contributed by atoms with E-state index >= 15 is 0 Å². The van der Waals surface area contributed by atoms with Gasteiger partial charge in [0.15, 0.2) is 17.5 Å². The molecule has 3 rings (SSSR count). The van der Waals surface area contributed by atoms with Crippen LogP contribution in [0.4, 0.5) is 18.9 Å². The third-order valence-electron chi connectivity index (χ3n) is 4.12. The average Bonchev–Trinajstić information content (AvgIpc) is 2.85. The molecule has 0 aliphatic carbocycles. The van der Waals surface area contributed by atoms with E-state index in [0.29, 0.717) is 19.4 Å². The summed E-state index contributed by atoms with van der Waals surface area (Å²) in [6.45, 7) is 3.49. The smallest absolute Gasteiger partial charge is 0.227 e. The molecular weight excluding hydrogens is 295 g/mol. The highest BCUT2D eigenvalue weighted by atomic mass is 19.2. The van der Waals surface area contributed by atoms with Crippen molar-refractivity contribution >= 4 is 11.6 Å². The minimum absolute atomic E-state index is 0.0703. The number of amides is 1. The highest BCUT2D eigenvalue weighted by Gasteiger charge is 2.31. The Morgan fingerprint density at radius 1 is 1.32 bits per heavy atom. The average molecular weight is 311 g/mol. The van der Waals surface area contributed by atoms with Gasteiger partial charge in [0.2, 0.25) is 5.91 Å². The van der Waals surface area contributed by atoms with Crippen molar-refractivity contribution in [2.75, 3.05) is 18.4 Å². The summed E-state index contributed by atoms with van der Waals surface area (Å²) in [5.74, 6) is -4.74. The fourth-order valence-electron chi connectivity index (χ4n) is 2.86. The molecule has 1 amide bonds. The molecule has 1 unspecified atom stereocenters. The number of hydrogen-bond acceptors (Lipinski definition) is 3. The maximum absolute atomic E-state index is 13.2. The number of benzene rings is 1. The van der Waals surface area contributed by atoms with Crippen molar-refractivity contribution in [3.63, 3.8) is 0 Å². The summed E-state index contributed by atoms with van der Waals surface area (Å²) in [4.78, 5) is 12.3. The number of nitrogens with zero attached hydrogens (tertiary/aromatic N) is 1. The van der Waals surface area contributed by atoms with Crippen molar-refractivity contribution in [2.45, 2.75) is 19.8 Å². The van der Waals surface area contributed by atoms with E-state index in [1.165, 1.54) is 5.57 Å². The zero-order valence-corrected chi connectivity index (χ0v) is 12.0. The SMILES string of the molecule is CC1=C2CC(C(=O)Nc3cc(F)c(F)c(F)c3)CCN2NC1. The monoisotopic (exact) mass is 311 g/mol. The molecule has 2 heterocycles. The first-order valence-corrected chi connectivity index (χ1v) is 7.11. The number of carbonyl (C=O) groups excluding carboxylic acids is 1. The summed E-state index contributed by atoms with van der Waals surface area (Å²) < 4.78 is 39.3. The summed E-state index contributed by atoms with van der Waals surface area (Å²) in [7, 11) is 0. The topological polar surface area (TPSA) is 44.4 Å². The summed E-state index contributed by atoms with van der Waals surface area (Å²) in [5, 5.41) is 4.51. The molecular formula is C15H16F3N3O. The molecule has 0 saturated carbocycles. The van der Waals surface area contributed by atoms with Crippen molar-refractivity contribution < 1.29 is 18.0 Å². The largest absolute Gasteiger partial charge is 0.326 e. The molecule has 1 atom stereocenters. The first-order chi connectivity index (χ1) is 10.5. The zero-order chi connectivity index (χ0) is 15.9. The molecule has 1 aromatic rings. The first-order valence-electron chi connectivity index (χ1n) is 7.11. The van der Waals surface area contributed by atoms with E-state index in [1.54, 1.807) is 0 Å². The maximum Gasteiger partial charge on any atom is 0.227 e. The molecule has 4 nitrogen and oxygen atoms in total. The lowest BCUT2D eigenvalue weighted by Gasteiger charge is -2.32. The minimum atomic E-state index is -1.54. The number of hydrazine groups is 1. The number of fused-ring (bicyclic) bond motifs is 1. The molecule has 22 heavy (non-hydrogen) atoms. The van der Waals surface area contributed by atoms with Gasteiger partial charge in [-0.1, -0.05) is 0 Å². The predicted molar refractivity (Wildman–Crippen MR) is 75.1 cm³/mol. The molecule has 1 saturated heterocycles. The second-order valence-electron chi connectivity index (χ2n) is 5.65. The lowest BCUT2D eigenvalue weighted by Crippen LogP contribution is -2.40. The molecule has 0 aromatic heterocycles. The van der Waals surface area contributed by atoms with Gasteiger partial charge < -0.3 is 10.3 Å². The fourth-order valence-corrected chi connectivity index (χ4v) is 2.86. The molecule has 1 aromatic carbocycles. The second kappa shape index (κ2) is 5.64. The number of halogens is 3. The van der Waals surface area contributed by atoms with E-state index in [0.717, 1.165) is 24.4 Å². The van der Waals surface area contributed by atoms with Crippen molar-refractivity contribution in [2.24, 2.45) is 5.92 Å². The van der Waals surface area contributed by atoms with Crippen LogP contribution in [0.5, 0.6) is 0 Å². The lowest BCUT2D eigenvalue weighted by atomic mass is 9.93. The van der Waals surface area contributed by atoms with Gasteiger partial charge in [-0.15, -0.1) is 0 Å². The van der Waals surface area contributed by atoms with Gasteiger partial charge in [0, 0.05) is 48.9 Å². The zero-order valence-electron chi connectivity index (χ0n) is 12.0. The van der Waals surface area contributed by atoms with E-state index in [-0.39, 0.29) is 17.5 Å². The number of nitrogens with one attached hydrogen (secondary N) is 2. The standard InChI is InChI=1S/C15H16F3N3O/c1-8-7-19-21-3-2-9(4-13(8)21)15(22)20-10-5-11(16)14(18)12(17)6-10/h5-6,9,19H,2-4,7H2,1H3,(H,20,22). The Labute approximate surface area is 126 Å². The van der Waals surface area contributed by atoms with Crippen molar-refractivity contribution in [1.29, 1.82) is 0 Å². The van der Waals surface area contributed by atoms with Crippen LogP contribution in [-0.4, -0.2) is 24.0 Å². The van der Waals surface area contributed by atoms with Gasteiger partial charge in [-0.3, -0.25) is 4.79 Å². The highest BCUT2D eigenvalue weighted by Crippen LogP contribution is 2.30. The molecule has 2 N–H and O–H groups in total. The lowest BCUT2D eigenvalue weighted by molar-refractivity contribution is -0.120. The molecule has 0 bridgehead atoms. The van der Waals surface area contributed by atoms with Crippen LogP contribution in [0.3, 0.4) is 0 Å². The summed E-state index contributed by atoms with van der Waals surface area (Å²) in [6.07, 6.45) is 1.22. The number of anilines is 1. The van der Waals surface area contributed by atoms with Crippen LogP contribution in [0.15, 0.2) is 23.4 Å². The number of allylic oxidation sites excluding steroid dienone is 1. The minimum Gasteiger partial charge on any atom is -0.326 e.